The number of hydrogen-bond donors (Lipinski definition) is 2. The van der Waals surface area contributed by atoms with Gasteiger partial charge in [-0.05, 0) is 30.3 Å². The van der Waals surface area contributed by atoms with E-state index < -0.39 is 10.0 Å². The molecule has 0 spiro atoms. The van der Waals surface area contributed by atoms with E-state index in [1.807, 2.05) is 7.05 Å². The predicted molar refractivity (Wildman–Crippen MR) is 75.8 cm³/mol. The highest BCUT2D eigenvalue weighted by atomic mass is 32.2. The Balaban J connectivity index is 1.84. The second kappa shape index (κ2) is 5.02. The monoisotopic (exact) mass is 304 g/mol. The largest absolute Gasteiger partial charge is 0.317 e. The summed E-state index contributed by atoms with van der Waals surface area (Å²) in [6, 6.07) is 8.26. The number of rotatable bonds is 4. The van der Waals surface area contributed by atoms with Crippen LogP contribution in [0.15, 0.2) is 47.9 Å². The Morgan fingerprint density at radius 3 is 2.52 bits per heavy atom. The Morgan fingerprint density at radius 2 is 1.95 bits per heavy atom. The Kier molecular flexibility index (Phi) is 3.18. The van der Waals surface area contributed by atoms with E-state index in [4.69, 9.17) is 0 Å². The quantitative estimate of drug-likeness (QED) is 0.748. The minimum Gasteiger partial charge on any atom is -0.317 e. The first-order valence-corrected chi connectivity index (χ1v) is 7.51. The van der Waals surface area contributed by atoms with Gasteiger partial charge >= 0.3 is 0 Å². The summed E-state index contributed by atoms with van der Waals surface area (Å²) in [6.07, 6.45) is 2.98. The Bertz CT molecular complexity index is 836. The zero-order chi connectivity index (χ0) is 14.9. The van der Waals surface area contributed by atoms with Gasteiger partial charge in [0.1, 0.15) is 6.33 Å². The van der Waals surface area contributed by atoms with Gasteiger partial charge in [0.25, 0.3) is 10.0 Å². The van der Waals surface area contributed by atoms with E-state index in [-0.39, 0.29) is 5.03 Å². The second-order valence-electron chi connectivity index (χ2n) is 4.37. The topological polar surface area (TPSA) is 106 Å². The van der Waals surface area contributed by atoms with Crippen LogP contribution in [0.3, 0.4) is 0 Å². The summed E-state index contributed by atoms with van der Waals surface area (Å²) in [7, 11) is -1.81. The number of H-pyrrole nitrogens is 1. The van der Waals surface area contributed by atoms with E-state index >= 15 is 0 Å². The first kappa shape index (κ1) is 13.3. The Morgan fingerprint density at radius 1 is 1.19 bits per heavy atom. The van der Waals surface area contributed by atoms with Crippen molar-refractivity contribution in [2.24, 2.45) is 7.05 Å². The van der Waals surface area contributed by atoms with Crippen LogP contribution in [0.5, 0.6) is 0 Å². The normalized spacial score (nSPS) is 11.5. The van der Waals surface area contributed by atoms with E-state index in [9.17, 15) is 8.42 Å². The van der Waals surface area contributed by atoms with Crippen LogP contribution in [0.25, 0.3) is 11.4 Å². The van der Waals surface area contributed by atoms with Gasteiger partial charge in [0.2, 0.25) is 0 Å². The first-order valence-electron chi connectivity index (χ1n) is 6.03. The molecule has 2 aromatic heterocycles. The highest BCUT2D eigenvalue weighted by Crippen LogP contribution is 2.20. The second-order valence-corrected chi connectivity index (χ2v) is 6.02. The predicted octanol–water partition coefficient (Wildman–Crippen LogP) is 1.01. The summed E-state index contributed by atoms with van der Waals surface area (Å²) in [5, 5.41) is 13.9. The maximum atomic E-state index is 12.0. The zero-order valence-electron chi connectivity index (χ0n) is 11.1. The summed E-state index contributed by atoms with van der Waals surface area (Å²) < 4.78 is 28.3. The van der Waals surface area contributed by atoms with Crippen molar-refractivity contribution in [1.82, 2.24) is 25.0 Å². The highest BCUT2D eigenvalue weighted by molar-refractivity contribution is 7.92. The van der Waals surface area contributed by atoms with Crippen LogP contribution in [0.2, 0.25) is 0 Å². The van der Waals surface area contributed by atoms with E-state index in [0.717, 1.165) is 5.56 Å². The lowest BCUT2D eigenvalue weighted by atomic mass is 10.2. The molecule has 0 saturated carbocycles. The van der Waals surface area contributed by atoms with Gasteiger partial charge in [-0.2, -0.15) is 13.5 Å². The minimum atomic E-state index is -3.65. The summed E-state index contributed by atoms with van der Waals surface area (Å²) in [6.45, 7) is 0. The molecule has 2 heterocycles. The fourth-order valence-corrected chi connectivity index (χ4v) is 2.80. The molecule has 0 radical (unpaired) electrons. The molecule has 9 heteroatoms. The standard InChI is InChI=1S/C12H12N6O2S/c1-18-8-14-16-12(18)9-2-4-10(5-3-9)17-21(19,20)11-6-7-13-15-11/h2-8,17H,1H3,(H,13,15). The molecule has 0 unspecified atom stereocenters. The molecular formula is C12H12N6O2S. The lowest BCUT2D eigenvalue weighted by Gasteiger charge is -2.07. The van der Waals surface area contributed by atoms with Crippen LogP contribution in [-0.4, -0.2) is 33.4 Å². The molecule has 0 amide bonds. The molecule has 2 N–H and O–H groups in total. The SMILES string of the molecule is Cn1cnnc1-c1ccc(NS(=O)(=O)c2ccn[nH]2)cc1. The molecular weight excluding hydrogens is 292 g/mol. The van der Waals surface area contributed by atoms with Crippen LogP contribution >= 0.6 is 0 Å². The van der Waals surface area contributed by atoms with Crippen molar-refractivity contribution in [1.29, 1.82) is 0 Å². The molecule has 0 bridgehead atoms. The number of anilines is 1. The fourth-order valence-electron chi connectivity index (χ4n) is 1.83. The number of benzene rings is 1. The summed E-state index contributed by atoms with van der Waals surface area (Å²) >= 11 is 0. The van der Waals surface area contributed by atoms with Crippen molar-refractivity contribution in [2.45, 2.75) is 5.03 Å². The van der Waals surface area contributed by atoms with E-state index in [1.165, 1.54) is 12.3 Å². The van der Waals surface area contributed by atoms with Crippen molar-refractivity contribution in [3.63, 3.8) is 0 Å². The molecule has 21 heavy (non-hydrogen) atoms. The number of aromatic amines is 1. The molecule has 3 rings (SSSR count). The van der Waals surface area contributed by atoms with Gasteiger partial charge < -0.3 is 4.57 Å². The Hall–Kier alpha value is -2.68. The molecule has 0 atom stereocenters. The molecule has 0 aliphatic heterocycles. The molecule has 0 aliphatic carbocycles. The molecule has 0 fully saturated rings. The number of hydrogen-bond acceptors (Lipinski definition) is 5. The first-order chi connectivity index (χ1) is 10.1. The number of nitrogens with one attached hydrogen (secondary N) is 2. The molecule has 3 aromatic rings. The van der Waals surface area contributed by atoms with Crippen molar-refractivity contribution in [2.75, 3.05) is 4.72 Å². The van der Waals surface area contributed by atoms with Crippen LogP contribution in [0.1, 0.15) is 0 Å². The molecule has 108 valence electrons. The minimum absolute atomic E-state index is 0.0138. The van der Waals surface area contributed by atoms with Gasteiger partial charge in [-0.15, -0.1) is 10.2 Å². The number of aromatic nitrogens is 5. The van der Waals surface area contributed by atoms with Gasteiger partial charge in [-0.25, -0.2) is 0 Å². The number of aryl methyl sites for hydroxylation is 1. The lowest BCUT2D eigenvalue weighted by molar-refractivity contribution is 0.597. The van der Waals surface area contributed by atoms with Crippen LogP contribution in [-0.2, 0) is 17.1 Å². The van der Waals surface area contributed by atoms with E-state index in [0.29, 0.717) is 11.5 Å². The highest BCUT2D eigenvalue weighted by Gasteiger charge is 2.15. The van der Waals surface area contributed by atoms with E-state index in [2.05, 4.69) is 25.1 Å². The van der Waals surface area contributed by atoms with Gasteiger partial charge in [-0.3, -0.25) is 9.82 Å². The maximum Gasteiger partial charge on any atom is 0.278 e. The van der Waals surface area contributed by atoms with E-state index in [1.54, 1.807) is 35.2 Å². The number of nitrogens with zero attached hydrogens (tertiary/aromatic N) is 4. The summed E-state index contributed by atoms with van der Waals surface area (Å²) in [5.74, 6) is 0.706. The smallest absolute Gasteiger partial charge is 0.278 e. The van der Waals surface area contributed by atoms with Gasteiger partial charge in [0.05, 0.1) is 6.20 Å². The average molecular weight is 304 g/mol. The third-order valence-electron chi connectivity index (χ3n) is 2.87. The van der Waals surface area contributed by atoms with Crippen molar-refractivity contribution in [3.8, 4) is 11.4 Å². The lowest BCUT2D eigenvalue weighted by Crippen LogP contribution is -2.13. The summed E-state index contributed by atoms with van der Waals surface area (Å²) in [5.41, 5.74) is 1.30. The number of sulfonamides is 1. The molecule has 0 aliphatic rings. The Labute approximate surface area is 120 Å². The van der Waals surface area contributed by atoms with Crippen LogP contribution in [0, 0.1) is 0 Å². The zero-order valence-corrected chi connectivity index (χ0v) is 11.9. The van der Waals surface area contributed by atoms with Crippen LogP contribution < -0.4 is 4.72 Å². The van der Waals surface area contributed by atoms with Gasteiger partial charge in [0.15, 0.2) is 10.9 Å². The molecule has 0 saturated heterocycles. The molecule has 1 aromatic carbocycles. The maximum absolute atomic E-state index is 12.0. The third kappa shape index (κ3) is 2.63. The molecule has 8 nitrogen and oxygen atoms in total. The summed E-state index contributed by atoms with van der Waals surface area (Å²) in [4.78, 5) is 0. The van der Waals surface area contributed by atoms with Crippen molar-refractivity contribution in [3.05, 3.63) is 42.9 Å². The third-order valence-corrected chi connectivity index (χ3v) is 4.18. The average Bonchev–Trinajstić information content (AvgIpc) is 3.10. The van der Waals surface area contributed by atoms with Gasteiger partial charge in [-0.1, -0.05) is 0 Å². The van der Waals surface area contributed by atoms with Crippen molar-refractivity contribution >= 4 is 15.7 Å². The fraction of sp³-hybridized carbons (Fsp3) is 0.0833. The van der Waals surface area contributed by atoms with Crippen LogP contribution in [0.4, 0.5) is 5.69 Å². The van der Waals surface area contributed by atoms with Crippen molar-refractivity contribution < 1.29 is 8.42 Å². The van der Waals surface area contributed by atoms with Gasteiger partial charge in [0, 0.05) is 18.3 Å².